The topological polar surface area (TPSA) is 29.3 Å². The van der Waals surface area contributed by atoms with Gasteiger partial charge in [0.15, 0.2) is 0 Å². The number of nitrogens with two attached hydrogens (primary N) is 1. The van der Waals surface area contributed by atoms with Gasteiger partial charge in [0, 0.05) is 18.6 Å². The van der Waals surface area contributed by atoms with Crippen LogP contribution in [0.25, 0.3) is 0 Å². The van der Waals surface area contributed by atoms with Gasteiger partial charge in [-0.15, -0.1) is 0 Å². The Kier molecular flexibility index (Phi) is 5.70. The van der Waals surface area contributed by atoms with Crippen LogP contribution in [0.4, 0.5) is 0 Å². The number of nitrogens with zero attached hydrogens (tertiary/aromatic N) is 1. The molecule has 0 saturated heterocycles. The van der Waals surface area contributed by atoms with Crippen LogP contribution in [0.2, 0.25) is 0 Å². The van der Waals surface area contributed by atoms with E-state index in [9.17, 15) is 0 Å². The van der Waals surface area contributed by atoms with Gasteiger partial charge in [0.25, 0.3) is 0 Å². The second-order valence-electron chi connectivity index (χ2n) is 7.38. The van der Waals surface area contributed by atoms with Crippen molar-refractivity contribution >= 4 is 0 Å². The molecule has 2 rings (SSSR count). The van der Waals surface area contributed by atoms with Gasteiger partial charge in [0.1, 0.15) is 0 Å². The second kappa shape index (κ2) is 7.08. The summed E-state index contributed by atoms with van der Waals surface area (Å²) in [6.45, 7) is 5.99. The number of hydrogen-bond acceptors (Lipinski definition) is 2. The SMILES string of the molecule is CCC1CCC(N)C(CN(C)C2CCCC(C)C2)C1. The molecule has 0 aliphatic heterocycles. The van der Waals surface area contributed by atoms with Crippen LogP contribution >= 0.6 is 0 Å². The summed E-state index contributed by atoms with van der Waals surface area (Å²) >= 11 is 0. The lowest BCUT2D eigenvalue weighted by atomic mass is 9.76. The van der Waals surface area contributed by atoms with Crippen LogP contribution < -0.4 is 5.73 Å². The van der Waals surface area contributed by atoms with E-state index in [4.69, 9.17) is 5.73 Å². The van der Waals surface area contributed by atoms with Gasteiger partial charge in [-0.3, -0.25) is 0 Å². The van der Waals surface area contributed by atoms with Crippen molar-refractivity contribution in [2.45, 2.75) is 77.3 Å². The van der Waals surface area contributed by atoms with E-state index < -0.39 is 0 Å². The van der Waals surface area contributed by atoms with E-state index >= 15 is 0 Å². The van der Waals surface area contributed by atoms with Crippen molar-refractivity contribution in [2.75, 3.05) is 13.6 Å². The molecule has 0 heterocycles. The third kappa shape index (κ3) is 4.19. The summed E-state index contributed by atoms with van der Waals surface area (Å²) in [6.07, 6.45) is 11.0. The van der Waals surface area contributed by atoms with E-state index in [0.29, 0.717) is 6.04 Å². The highest BCUT2D eigenvalue weighted by Gasteiger charge is 2.30. The highest BCUT2D eigenvalue weighted by Crippen LogP contribution is 2.32. The molecule has 2 nitrogen and oxygen atoms in total. The van der Waals surface area contributed by atoms with Gasteiger partial charge in [-0.2, -0.15) is 0 Å². The fourth-order valence-electron chi connectivity index (χ4n) is 4.29. The van der Waals surface area contributed by atoms with Crippen molar-refractivity contribution in [3.63, 3.8) is 0 Å². The van der Waals surface area contributed by atoms with Gasteiger partial charge in [-0.25, -0.2) is 0 Å². The maximum Gasteiger partial charge on any atom is 0.00948 e. The molecule has 2 aliphatic rings. The van der Waals surface area contributed by atoms with Crippen molar-refractivity contribution in [1.29, 1.82) is 0 Å². The first-order valence-electron chi connectivity index (χ1n) is 8.56. The Hall–Kier alpha value is -0.0800. The molecular formula is C17H34N2. The average molecular weight is 266 g/mol. The summed E-state index contributed by atoms with van der Waals surface area (Å²) in [5.74, 6) is 2.59. The second-order valence-corrected chi connectivity index (χ2v) is 7.38. The molecule has 2 saturated carbocycles. The predicted molar refractivity (Wildman–Crippen MR) is 83.1 cm³/mol. The van der Waals surface area contributed by atoms with Gasteiger partial charge in [0.2, 0.25) is 0 Å². The molecule has 0 aromatic rings. The lowest BCUT2D eigenvalue weighted by Crippen LogP contribution is -2.45. The van der Waals surface area contributed by atoms with Crippen LogP contribution in [0.1, 0.15) is 65.2 Å². The molecule has 112 valence electrons. The number of rotatable bonds is 4. The largest absolute Gasteiger partial charge is 0.327 e. The van der Waals surface area contributed by atoms with Gasteiger partial charge in [-0.1, -0.05) is 33.1 Å². The average Bonchev–Trinajstić information content (AvgIpc) is 2.41. The Morgan fingerprint density at radius 3 is 2.58 bits per heavy atom. The Bertz CT molecular complexity index is 266. The third-order valence-electron chi connectivity index (χ3n) is 5.78. The van der Waals surface area contributed by atoms with Crippen molar-refractivity contribution in [1.82, 2.24) is 4.90 Å². The smallest absolute Gasteiger partial charge is 0.00948 e. The molecule has 0 aromatic heterocycles. The van der Waals surface area contributed by atoms with Crippen LogP contribution in [0.15, 0.2) is 0 Å². The molecule has 2 fully saturated rings. The maximum atomic E-state index is 6.37. The van der Waals surface area contributed by atoms with Crippen LogP contribution in [-0.2, 0) is 0 Å². The van der Waals surface area contributed by atoms with Crippen LogP contribution in [0.5, 0.6) is 0 Å². The van der Waals surface area contributed by atoms with E-state index in [1.807, 2.05) is 0 Å². The minimum Gasteiger partial charge on any atom is -0.327 e. The number of hydrogen-bond donors (Lipinski definition) is 1. The quantitative estimate of drug-likeness (QED) is 0.841. The van der Waals surface area contributed by atoms with Gasteiger partial charge >= 0.3 is 0 Å². The van der Waals surface area contributed by atoms with Crippen molar-refractivity contribution in [3.8, 4) is 0 Å². The molecule has 2 heteroatoms. The molecule has 0 radical (unpaired) electrons. The molecule has 5 atom stereocenters. The summed E-state index contributed by atoms with van der Waals surface area (Å²) < 4.78 is 0. The minimum atomic E-state index is 0.450. The first kappa shape index (κ1) is 15.3. The van der Waals surface area contributed by atoms with E-state index in [0.717, 1.165) is 23.8 Å². The van der Waals surface area contributed by atoms with E-state index in [1.165, 1.54) is 57.9 Å². The minimum absolute atomic E-state index is 0.450. The molecule has 0 bridgehead atoms. The van der Waals surface area contributed by atoms with Gasteiger partial charge < -0.3 is 10.6 Å². The summed E-state index contributed by atoms with van der Waals surface area (Å²) in [6, 6.07) is 1.27. The van der Waals surface area contributed by atoms with Crippen LogP contribution in [0, 0.1) is 17.8 Å². The predicted octanol–water partition coefficient (Wildman–Crippen LogP) is 3.65. The lowest BCUT2D eigenvalue weighted by Gasteiger charge is -2.40. The Labute approximate surface area is 120 Å². The van der Waals surface area contributed by atoms with Crippen molar-refractivity contribution in [3.05, 3.63) is 0 Å². The fraction of sp³-hybridized carbons (Fsp3) is 1.00. The summed E-state index contributed by atoms with van der Waals surface area (Å²) in [5, 5.41) is 0. The van der Waals surface area contributed by atoms with Gasteiger partial charge in [-0.05, 0) is 56.9 Å². The van der Waals surface area contributed by atoms with E-state index in [-0.39, 0.29) is 0 Å². The first-order chi connectivity index (χ1) is 9.10. The summed E-state index contributed by atoms with van der Waals surface area (Å²) in [7, 11) is 2.34. The molecule has 2 aliphatic carbocycles. The zero-order valence-corrected chi connectivity index (χ0v) is 13.3. The highest BCUT2D eigenvalue weighted by molar-refractivity contribution is 4.86. The summed E-state index contributed by atoms with van der Waals surface area (Å²) in [5.41, 5.74) is 6.37. The standard InChI is InChI=1S/C17H34N2/c1-4-14-8-9-17(18)15(11-14)12-19(3)16-7-5-6-13(2)10-16/h13-17H,4-12,18H2,1-3H3. The van der Waals surface area contributed by atoms with Crippen molar-refractivity contribution in [2.24, 2.45) is 23.5 Å². The molecule has 5 unspecified atom stereocenters. The molecule has 0 spiro atoms. The Balaban J connectivity index is 1.84. The van der Waals surface area contributed by atoms with E-state index in [1.54, 1.807) is 0 Å². The van der Waals surface area contributed by atoms with E-state index in [2.05, 4.69) is 25.8 Å². The fourth-order valence-corrected chi connectivity index (χ4v) is 4.29. The molecule has 0 amide bonds. The molecule has 0 aromatic carbocycles. The lowest BCUT2D eigenvalue weighted by molar-refractivity contribution is 0.111. The van der Waals surface area contributed by atoms with Gasteiger partial charge in [0.05, 0.1) is 0 Å². The summed E-state index contributed by atoms with van der Waals surface area (Å²) in [4.78, 5) is 2.64. The van der Waals surface area contributed by atoms with Crippen LogP contribution in [0.3, 0.4) is 0 Å². The van der Waals surface area contributed by atoms with Crippen molar-refractivity contribution < 1.29 is 0 Å². The zero-order valence-electron chi connectivity index (χ0n) is 13.3. The first-order valence-corrected chi connectivity index (χ1v) is 8.56. The Morgan fingerprint density at radius 2 is 1.89 bits per heavy atom. The molecule has 19 heavy (non-hydrogen) atoms. The normalized spacial score (nSPS) is 40.6. The van der Waals surface area contributed by atoms with Crippen LogP contribution in [-0.4, -0.2) is 30.6 Å². The molecular weight excluding hydrogens is 232 g/mol. The molecule has 2 N–H and O–H groups in total. The third-order valence-corrected chi connectivity index (χ3v) is 5.78. The maximum absolute atomic E-state index is 6.37. The monoisotopic (exact) mass is 266 g/mol. The zero-order chi connectivity index (χ0) is 13.8. The Morgan fingerprint density at radius 1 is 1.11 bits per heavy atom. The highest BCUT2D eigenvalue weighted by atomic mass is 15.1.